The van der Waals surface area contributed by atoms with Crippen molar-refractivity contribution in [2.75, 3.05) is 4.90 Å². The zero-order chi connectivity index (χ0) is 16.6. The van der Waals surface area contributed by atoms with E-state index in [2.05, 4.69) is 0 Å². The van der Waals surface area contributed by atoms with Crippen LogP contribution >= 0.6 is 0 Å². The van der Waals surface area contributed by atoms with Gasteiger partial charge in [-0.15, -0.1) is 0 Å². The predicted octanol–water partition coefficient (Wildman–Crippen LogP) is 4.23. The van der Waals surface area contributed by atoms with Gasteiger partial charge < -0.3 is 9.64 Å². The van der Waals surface area contributed by atoms with E-state index >= 15 is 0 Å². The molecule has 3 nitrogen and oxygen atoms in total. The fraction of sp³-hybridized carbons (Fsp3) is 0.278. The second-order valence-electron chi connectivity index (χ2n) is 5.74. The first-order valence-corrected chi connectivity index (χ1v) is 7.47. The number of halogens is 2. The minimum atomic E-state index is -0.398. The van der Waals surface area contributed by atoms with Crippen LogP contribution in [0.3, 0.4) is 0 Å². The monoisotopic (exact) mass is 317 g/mol. The molecule has 0 saturated heterocycles. The van der Waals surface area contributed by atoms with Gasteiger partial charge >= 0.3 is 0 Å². The molecule has 1 amide bonds. The molecule has 0 aromatic heterocycles. The Balaban J connectivity index is 1.98. The van der Waals surface area contributed by atoms with Crippen LogP contribution in [0, 0.1) is 11.6 Å². The molecule has 0 bridgehead atoms. The van der Waals surface area contributed by atoms with Crippen molar-refractivity contribution >= 4 is 11.6 Å². The molecule has 1 aliphatic rings. The molecule has 5 heteroatoms. The van der Waals surface area contributed by atoms with E-state index in [0.29, 0.717) is 17.9 Å². The lowest BCUT2D eigenvalue weighted by Gasteiger charge is -2.38. The molecule has 23 heavy (non-hydrogen) atoms. The van der Waals surface area contributed by atoms with E-state index in [0.717, 1.165) is 5.56 Å². The molecule has 0 aliphatic carbocycles. The van der Waals surface area contributed by atoms with E-state index in [-0.39, 0.29) is 23.9 Å². The highest BCUT2D eigenvalue weighted by atomic mass is 19.1. The molecule has 0 fully saturated rings. The van der Waals surface area contributed by atoms with E-state index < -0.39 is 5.82 Å². The van der Waals surface area contributed by atoms with Crippen molar-refractivity contribution in [2.45, 2.75) is 32.4 Å². The van der Waals surface area contributed by atoms with Crippen molar-refractivity contribution < 1.29 is 18.3 Å². The number of anilines is 1. The summed E-state index contributed by atoms with van der Waals surface area (Å²) in [5, 5.41) is 0. The lowest BCUT2D eigenvalue weighted by molar-refractivity contribution is -0.117. The summed E-state index contributed by atoms with van der Waals surface area (Å²) >= 11 is 0. The number of amides is 1. The first kappa shape index (κ1) is 15.5. The number of hydrogen-bond acceptors (Lipinski definition) is 2. The van der Waals surface area contributed by atoms with E-state index in [9.17, 15) is 13.6 Å². The summed E-state index contributed by atoms with van der Waals surface area (Å²) in [4.78, 5) is 13.5. The summed E-state index contributed by atoms with van der Waals surface area (Å²) in [6.07, 6.45) is 0.261. The summed E-state index contributed by atoms with van der Waals surface area (Å²) in [6.45, 7) is 3.36. The number of fused-ring (bicyclic) bond motifs is 1. The largest absolute Gasteiger partial charge is 0.486 e. The summed E-state index contributed by atoms with van der Waals surface area (Å²) in [5.41, 5.74) is 1.28. The van der Waals surface area contributed by atoms with Gasteiger partial charge in [0.1, 0.15) is 23.5 Å². The van der Waals surface area contributed by atoms with Gasteiger partial charge in [-0.05, 0) is 43.3 Å². The van der Waals surface area contributed by atoms with Gasteiger partial charge in [-0.2, -0.15) is 0 Å². The molecule has 2 aromatic carbocycles. The molecule has 1 aliphatic heterocycles. The third-order valence-electron chi connectivity index (χ3n) is 4.03. The molecule has 2 aromatic rings. The van der Waals surface area contributed by atoms with Crippen LogP contribution in [0.5, 0.6) is 5.75 Å². The van der Waals surface area contributed by atoms with E-state index in [1.54, 1.807) is 23.1 Å². The molecule has 0 saturated carbocycles. The highest BCUT2D eigenvalue weighted by molar-refractivity contribution is 5.93. The highest BCUT2D eigenvalue weighted by Gasteiger charge is 2.33. The molecule has 0 spiro atoms. The summed E-state index contributed by atoms with van der Waals surface area (Å²) in [5.74, 6) is -0.330. The minimum absolute atomic E-state index is 0.118. The lowest BCUT2D eigenvalue weighted by Crippen LogP contribution is -2.43. The number of benzene rings is 2. The van der Waals surface area contributed by atoms with Crippen molar-refractivity contribution in [1.82, 2.24) is 0 Å². The second-order valence-corrected chi connectivity index (χ2v) is 5.74. The Labute approximate surface area is 133 Å². The van der Waals surface area contributed by atoms with Crippen LogP contribution in [-0.2, 0) is 4.79 Å². The van der Waals surface area contributed by atoms with Crippen molar-refractivity contribution in [1.29, 1.82) is 0 Å². The number of carbonyl (C=O) groups is 1. The van der Waals surface area contributed by atoms with Gasteiger partial charge in [-0.1, -0.05) is 6.07 Å². The number of nitrogens with zero attached hydrogens (tertiary/aromatic N) is 1. The topological polar surface area (TPSA) is 29.5 Å². The molecule has 0 radical (unpaired) electrons. The highest BCUT2D eigenvalue weighted by Crippen LogP contribution is 2.40. The smallest absolute Gasteiger partial charge is 0.224 e. The number of rotatable bonds is 2. The normalized spacial score (nSPS) is 20.1. The van der Waals surface area contributed by atoms with Crippen LogP contribution in [0.4, 0.5) is 14.5 Å². The van der Waals surface area contributed by atoms with Crippen molar-refractivity contribution in [2.24, 2.45) is 0 Å². The molecule has 120 valence electrons. The Morgan fingerprint density at radius 2 is 1.78 bits per heavy atom. The maximum atomic E-state index is 13.6. The summed E-state index contributed by atoms with van der Waals surface area (Å²) < 4.78 is 32.6. The Hall–Kier alpha value is -2.43. The van der Waals surface area contributed by atoms with Crippen LogP contribution in [0.25, 0.3) is 0 Å². The van der Waals surface area contributed by atoms with Crippen LogP contribution in [0.15, 0.2) is 42.5 Å². The predicted molar refractivity (Wildman–Crippen MR) is 83.4 cm³/mol. The molecule has 2 atom stereocenters. The van der Waals surface area contributed by atoms with Crippen molar-refractivity contribution in [3.8, 4) is 5.75 Å². The Morgan fingerprint density at radius 1 is 1.13 bits per heavy atom. The third kappa shape index (κ3) is 3.04. The number of hydrogen-bond donors (Lipinski definition) is 0. The van der Waals surface area contributed by atoms with Gasteiger partial charge in [0.25, 0.3) is 0 Å². The fourth-order valence-electron chi connectivity index (χ4n) is 3.05. The standard InChI is InChI=1S/C18H17F2NO2/c1-11-9-18(23-15-6-3-13(19)4-7-15)16-8-5-14(20)10-17(16)21(11)12(2)22/h3-8,10-11,18H,9H2,1-2H3/t11-,18+/m1/s1. The van der Waals surface area contributed by atoms with Gasteiger partial charge in [0, 0.05) is 24.9 Å². The van der Waals surface area contributed by atoms with Crippen LogP contribution in [-0.4, -0.2) is 11.9 Å². The summed E-state index contributed by atoms with van der Waals surface area (Å²) in [6, 6.07) is 10.0. The van der Waals surface area contributed by atoms with Crippen LogP contribution < -0.4 is 9.64 Å². The van der Waals surface area contributed by atoms with E-state index in [1.165, 1.54) is 31.2 Å². The quantitative estimate of drug-likeness (QED) is 0.829. The first-order chi connectivity index (χ1) is 11.0. The molecular weight excluding hydrogens is 300 g/mol. The van der Waals surface area contributed by atoms with Crippen molar-refractivity contribution in [3.05, 3.63) is 59.7 Å². The molecule has 0 N–H and O–H groups in total. The van der Waals surface area contributed by atoms with Crippen molar-refractivity contribution in [3.63, 3.8) is 0 Å². The second kappa shape index (κ2) is 5.99. The third-order valence-corrected chi connectivity index (χ3v) is 4.03. The van der Waals surface area contributed by atoms with Gasteiger partial charge in [-0.3, -0.25) is 4.79 Å². The lowest BCUT2D eigenvalue weighted by atomic mass is 9.93. The number of ether oxygens (including phenoxy) is 1. The van der Waals surface area contributed by atoms with E-state index in [4.69, 9.17) is 4.74 Å². The minimum Gasteiger partial charge on any atom is -0.486 e. The SMILES string of the molecule is CC(=O)N1c2cc(F)ccc2[C@@H](Oc2ccc(F)cc2)C[C@H]1C. The van der Waals surface area contributed by atoms with Gasteiger partial charge in [0.2, 0.25) is 5.91 Å². The molecular formula is C18H17F2NO2. The summed E-state index contributed by atoms with van der Waals surface area (Å²) in [7, 11) is 0. The average molecular weight is 317 g/mol. The van der Waals surface area contributed by atoms with Crippen LogP contribution in [0.2, 0.25) is 0 Å². The molecule has 1 heterocycles. The Morgan fingerprint density at radius 3 is 2.43 bits per heavy atom. The molecule has 3 rings (SSSR count). The van der Waals surface area contributed by atoms with Gasteiger partial charge in [0.15, 0.2) is 0 Å². The maximum absolute atomic E-state index is 13.6. The molecule has 0 unspecified atom stereocenters. The Kier molecular flexibility index (Phi) is 4.03. The zero-order valence-electron chi connectivity index (χ0n) is 12.9. The Bertz CT molecular complexity index is 730. The van der Waals surface area contributed by atoms with Crippen LogP contribution in [0.1, 0.15) is 31.9 Å². The maximum Gasteiger partial charge on any atom is 0.224 e. The first-order valence-electron chi connectivity index (χ1n) is 7.47. The fourth-order valence-corrected chi connectivity index (χ4v) is 3.05. The zero-order valence-corrected chi connectivity index (χ0v) is 12.9. The number of carbonyl (C=O) groups excluding carboxylic acids is 1. The van der Waals surface area contributed by atoms with E-state index in [1.807, 2.05) is 6.92 Å². The van der Waals surface area contributed by atoms with Gasteiger partial charge in [0.05, 0.1) is 5.69 Å². The average Bonchev–Trinajstić information content (AvgIpc) is 2.48. The van der Waals surface area contributed by atoms with Gasteiger partial charge in [-0.25, -0.2) is 8.78 Å².